The Balaban J connectivity index is 1.33. The van der Waals surface area contributed by atoms with E-state index in [-0.39, 0.29) is 17.6 Å². The summed E-state index contributed by atoms with van der Waals surface area (Å²) in [7, 11) is 0. The number of hydrogen-bond donors (Lipinski definition) is 1. The van der Waals surface area contributed by atoms with Crippen molar-refractivity contribution in [3.05, 3.63) is 59.5 Å². The molecular formula is C26H26ClFN2O3. The van der Waals surface area contributed by atoms with E-state index in [1.54, 1.807) is 31.3 Å². The third-order valence-corrected chi connectivity index (χ3v) is 7.16. The van der Waals surface area contributed by atoms with Crippen LogP contribution in [0.25, 0.3) is 22.0 Å². The molecule has 7 heteroatoms. The van der Waals surface area contributed by atoms with E-state index in [4.69, 9.17) is 16.3 Å². The van der Waals surface area contributed by atoms with Crippen molar-refractivity contribution in [1.82, 2.24) is 9.88 Å². The van der Waals surface area contributed by atoms with Crippen LogP contribution in [0.15, 0.2) is 48.7 Å². The Morgan fingerprint density at radius 1 is 1.24 bits per heavy atom. The van der Waals surface area contributed by atoms with Crippen LogP contribution in [-0.4, -0.2) is 45.7 Å². The number of carbonyl (C=O) groups is 1. The van der Waals surface area contributed by atoms with Crippen molar-refractivity contribution >= 4 is 28.4 Å². The summed E-state index contributed by atoms with van der Waals surface area (Å²) in [6, 6.07) is 11.7. The van der Waals surface area contributed by atoms with E-state index in [0.29, 0.717) is 29.4 Å². The number of pyridine rings is 1. The van der Waals surface area contributed by atoms with Gasteiger partial charge in [0.2, 0.25) is 0 Å². The highest BCUT2D eigenvalue weighted by molar-refractivity contribution is 6.33. The molecule has 2 aliphatic rings. The Labute approximate surface area is 197 Å². The van der Waals surface area contributed by atoms with Crippen molar-refractivity contribution in [3.8, 4) is 16.9 Å². The highest BCUT2D eigenvalue weighted by Crippen LogP contribution is 2.45. The number of benzene rings is 2. The summed E-state index contributed by atoms with van der Waals surface area (Å²) in [5, 5.41) is 11.6. The SMILES string of the molecule is CC(Oc1ccc2c(-c3ccc(F)cc3Cl)ccnc2c1)C(=O)N1CCCC(C2(O)CC2)C1. The molecule has 2 aromatic carbocycles. The zero-order valence-corrected chi connectivity index (χ0v) is 19.2. The van der Waals surface area contributed by atoms with E-state index in [2.05, 4.69) is 4.98 Å². The molecule has 172 valence electrons. The standard InChI is InChI=1S/C26H26ClFN2O3/c1-16(25(31)30-12-2-3-17(15-30)26(32)9-10-26)33-19-5-7-22-20(8-11-29-24(22)14-19)21-6-4-18(28)13-23(21)27/h4-8,11,13-14,16-17,32H,2-3,9-10,12,15H2,1H3. The predicted octanol–water partition coefficient (Wildman–Crippen LogP) is 5.23. The first kappa shape index (κ1) is 22.1. The second-order valence-corrected chi connectivity index (χ2v) is 9.56. The van der Waals surface area contributed by atoms with Crippen molar-refractivity contribution in [1.29, 1.82) is 0 Å². The van der Waals surface area contributed by atoms with Gasteiger partial charge in [-0.25, -0.2) is 4.39 Å². The number of halogens is 2. The highest BCUT2D eigenvalue weighted by atomic mass is 35.5. The topological polar surface area (TPSA) is 62.7 Å². The van der Waals surface area contributed by atoms with E-state index < -0.39 is 11.7 Å². The lowest BCUT2D eigenvalue weighted by Crippen LogP contribution is -2.48. The molecule has 1 N–H and O–H groups in total. The maximum absolute atomic E-state index is 13.5. The first-order valence-electron chi connectivity index (χ1n) is 11.4. The summed E-state index contributed by atoms with van der Waals surface area (Å²) in [5.41, 5.74) is 1.69. The molecule has 1 aliphatic carbocycles. The molecule has 1 amide bonds. The van der Waals surface area contributed by atoms with Gasteiger partial charge in [-0.1, -0.05) is 11.6 Å². The zero-order chi connectivity index (χ0) is 23.2. The van der Waals surface area contributed by atoms with Crippen LogP contribution in [0.3, 0.4) is 0 Å². The van der Waals surface area contributed by atoms with Crippen LogP contribution < -0.4 is 4.74 Å². The average Bonchev–Trinajstić information content (AvgIpc) is 3.57. The summed E-state index contributed by atoms with van der Waals surface area (Å²) in [6.07, 6.45) is 4.56. The van der Waals surface area contributed by atoms with E-state index in [9.17, 15) is 14.3 Å². The van der Waals surface area contributed by atoms with E-state index >= 15 is 0 Å². The molecule has 33 heavy (non-hydrogen) atoms. The Morgan fingerprint density at radius 2 is 2.06 bits per heavy atom. The monoisotopic (exact) mass is 468 g/mol. The molecule has 1 aliphatic heterocycles. The molecule has 2 fully saturated rings. The molecule has 2 unspecified atom stereocenters. The number of hydrogen-bond acceptors (Lipinski definition) is 4. The van der Waals surface area contributed by atoms with Gasteiger partial charge in [-0.05, 0) is 74.6 Å². The van der Waals surface area contributed by atoms with Gasteiger partial charge in [0.05, 0.1) is 16.1 Å². The predicted molar refractivity (Wildman–Crippen MR) is 126 cm³/mol. The maximum atomic E-state index is 13.5. The van der Waals surface area contributed by atoms with Crippen molar-refractivity contribution in [2.75, 3.05) is 13.1 Å². The lowest BCUT2D eigenvalue weighted by molar-refractivity contribution is -0.141. The number of ether oxygens (including phenoxy) is 1. The van der Waals surface area contributed by atoms with Crippen LogP contribution in [-0.2, 0) is 4.79 Å². The van der Waals surface area contributed by atoms with E-state index in [0.717, 1.165) is 42.2 Å². The summed E-state index contributed by atoms with van der Waals surface area (Å²) in [5.74, 6) is 0.253. The van der Waals surface area contributed by atoms with Crippen molar-refractivity contribution in [2.24, 2.45) is 5.92 Å². The number of aromatic nitrogens is 1. The van der Waals surface area contributed by atoms with Gasteiger partial charge in [-0.3, -0.25) is 9.78 Å². The molecule has 0 spiro atoms. The van der Waals surface area contributed by atoms with Crippen molar-refractivity contribution < 1.29 is 19.0 Å². The Morgan fingerprint density at radius 3 is 2.82 bits per heavy atom. The second-order valence-electron chi connectivity index (χ2n) is 9.15. The van der Waals surface area contributed by atoms with Crippen LogP contribution in [0.2, 0.25) is 5.02 Å². The fraction of sp³-hybridized carbons (Fsp3) is 0.385. The first-order valence-corrected chi connectivity index (χ1v) is 11.7. The van der Waals surface area contributed by atoms with Crippen molar-refractivity contribution in [2.45, 2.75) is 44.3 Å². The fourth-order valence-electron chi connectivity index (χ4n) is 4.81. The van der Waals surface area contributed by atoms with Gasteiger partial charge in [0, 0.05) is 42.2 Å². The van der Waals surface area contributed by atoms with Crippen LogP contribution in [0.4, 0.5) is 4.39 Å². The van der Waals surface area contributed by atoms with Gasteiger partial charge in [0.1, 0.15) is 11.6 Å². The minimum Gasteiger partial charge on any atom is -0.481 e. The minimum atomic E-state index is -0.648. The summed E-state index contributed by atoms with van der Waals surface area (Å²) in [6.45, 7) is 3.04. The maximum Gasteiger partial charge on any atom is 0.263 e. The molecule has 3 aromatic rings. The number of likely N-dealkylation sites (tertiary alicyclic amines) is 1. The van der Waals surface area contributed by atoms with E-state index in [1.165, 1.54) is 12.1 Å². The smallest absolute Gasteiger partial charge is 0.263 e. The van der Waals surface area contributed by atoms with Crippen LogP contribution in [0, 0.1) is 11.7 Å². The molecule has 1 saturated carbocycles. The van der Waals surface area contributed by atoms with Gasteiger partial charge in [0.15, 0.2) is 6.10 Å². The van der Waals surface area contributed by atoms with Crippen LogP contribution >= 0.6 is 11.6 Å². The quantitative estimate of drug-likeness (QED) is 0.557. The molecule has 2 atom stereocenters. The summed E-state index contributed by atoms with van der Waals surface area (Å²) >= 11 is 6.27. The molecule has 1 aromatic heterocycles. The van der Waals surface area contributed by atoms with Gasteiger partial charge < -0.3 is 14.7 Å². The van der Waals surface area contributed by atoms with Crippen LogP contribution in [0.5, 0.6) is 5.75 Å². The third kappa shape index (κ3) is 4.42. The average molecular weight is 469 g/mol. The molecule has 5 nitrogen and oxygen atoms in total. The number of piperidine rings is 1. The summed E-state index contributed by atoms with van der Waals surface area (Å²) < 4.78 is 19.5. The minimum absolute atomic E-state index is 0.0659. The summed E-state index contributed by atoms with van der Waals surface area (Å²) in [4.78, 5) is 19.3. The fourth-order valence-corrected chi connectivity index (χ4v) is 5.08. The molecule has 5 rings (SSSR count). The van der Waals surface area contributed by atoms with Crippen LogP contribution in [0.1, 0.15) is 32.6 Å². The van der Waals surface area contributed by atoms with Gasteiger partial charge in [-0.2, -0.15) is 0 Å². The molecule has 0 radical (unpaired) electrons. The normalized spacial score (nSPS) is 20.5. The third-order valence-electron chi connectivity index (χ3n) is 6.85. The van der Waals surface area contributed by atoms with Gasteiger partial charge >= 0.3 is 0 Å². The Bertz CT molecular complexity index is 1210. The lowest BCUT2D eigenvalue weighted by Gasteiger charge is -2.36. The van der Waals surface area contributed by atoms with Gasteiger partial charge in [-0.15, -0.1) is 0 Å². The molecular weight excluding hydrogens is 443 g/mol. The zero-order valence-electron chi connectivity index (χ0n) is 18.4. The number of carbonyl (C=O) groups excluding carboxylic acids is 1. The molecule has 1 saturated heterocycles. The number of amides is 1. The molecule has 2 heterocycles. The van der Waals surface area contributed by atoms with Crippen molar-refractivity contribution in [3.63, 3.8) is 0 Å². The number of rotatable bonds is 5. The highest BCUT2D eigenvalue weighted by Gasteiger charge is 2.49. The van der Waals surface area contributed by atoms with E-state index in [1.807, 2.05) is 17.0 Å². The largest absolute Gasteiger partial charge is 0.481 e. The number of aliphatic hydroxyl groups is 1. The number of fused-ring (bicyclic) bond motifs is 1. The van der Waals surface area contributed by atoms with Gasteiger partial charge in [0.25, 0.3) is 5.91 Å². The Hall–Kier alpha value is -2.70. The molecule has 0 bridgehead atoms. The second kappa shape index (κ2) is 8.58. The Kier molecular flexibility index (Phi) is 5.75. The lowest BCUT2D eigenvalue weighted by atomic mass is 9.90. The number of nitrogens with zero attached hydrogens (tertiary/aromatic N) is 2. The first-order chi connectivity index (χ1) is 15.8.